The molecule has 0 aliphatic heterocycles. The third-order valence-electron chi connectivity index (χ3n) is 3.92. The molecular formula is C19H22N3O+. The van der Waals surface area contributed by atoms with E-state index >= 15 is 0 Å². The normalized spacial score (nSPS) is 11.5. The molecule has 0 atom stereocenters. The summed E-state index contributed by atoms with van der Waals surface area (Å²) in [4.78, 5) is 3.32. The largest absolute Gasteiger partial charge is 0.361 e. The number of quaternary nitrogens is 1. The quantitative estimate of drug-likeness (QED) is 0.507. The third kappa shape index (κ3) is 4.07. The molecule has 23 heavy (non-hydrogen) atoms. The first-order valence-corrected chi connectivity index (χ1v) is 7.86. The monoisotopic (exact) mass is 308 g/mol. The van der Waals surface area contributed by atoms with Crippen LogP contribution in [0.4, 0.5) is 0 Å². The minimum atomic E-state index is 0.458. The fourth-order valence-electron chi connectivity index (χ4n) is 2.71. The zero-order valence-corrected chi connectivity index (χ0v) is 13.0. The molecule has 0 unspecified atom stereocenters. The second kappa shape index (κ2) is 7.74. The van der Waals surface area contributed by atoms with Crippen molar-refractivity contribution in [3.05, 3.63) is 77.5 Å². The van der Waals surface area contributed by atoms with Crippen molar-refractivity contribution in [2.75, 3.05) is 6.54 Å². The number of para-hydroxylation sites is 1. The molecule has 3 aromatic rings. The summed E-state index contributed by atoms with van der Waals surface area (Å²) in [5, 5.41) is 12.1. The van der Waals surface area contributed by atoms with E-state index in [0.29, 0.717) is 6.54 Å². The molecule has 0 aliphatic rings. The van der Waals surface area contributed by atoms with Crippen LogP contribution in [0.25, 0.3) is 17.0 Å². The fourth-order valence-corrected chi connectivity index (χ4v) is 2.71. The summed E-state index contributed by atoms with van der Waals surface area (Å²) in [5.74, 6) is 0. The summed E-state index contributed by atoms with van der Waals surface area (Å²) in [6, 6.07) is 16.9. The topological polar surface area (TPSA) is 64.7 Å². The van der Waals surface area contributed by atoms with Crippen LogP contribution in [-0.4, -0.2) is 16.7 Å². The molecule has 0 radical (unpaired) electrons. The van der Waals surface area contributed by atoms with Gasteiger partial charge < -0.3 is 15.5 Å². The van der Waals surface area contributed by atoms with Gasteiger partial charge in [-0.25, -0.2) is 5.48 Å². The van der Waals surface area contributed by atoms with Crippen LogP contribution < -0.4 is 10.8 Å². The van der Waals surface area contributed by atoms with E-state index in [0.717, 1.165) is 18.7 Å². The standard InChI is InChI=1S/C19H21N3O/c23-22-11-3-4-15-7-9-16(10-8-15)12-20-13-17-14-21-19-6-2-1-5-18(17)19/h1-10,14,20-23H,11-13H2/p+1. The molecule has 0 bridgehead atoms. The van der Waals surface area contributed by atoms with Crippen molar-refractivity contribution in [3.63, 3.8) is 0 Å². The van der Waals surface area contributed by atoms with Gasteiger partial charge in [0.1, 0.15) is 13.1 Å². The number of nitrogens with one attached hydrogen (secondary N) is 2. The molecule has 118 valence electrons. The maximum Gasteiger partial charge on any atom is 0.104 e. The lowest BCUT2D eigenvalue weighted by Crippen LogP contribution is -2.80. The number of fused-ring (bicyclic) bond motifs is 1. The number of aromatic nitrogens is 1. The Kier molecular flexibility index (Phi) is 5.21. The molecule has 2 aromatic carbocycles. The molecule has 0 saturated heterocycles. The first-order valence-electron chi connectivity index (χ1n) is 7.86. The Morgan fingerprint density at radius 2 is 1.87 bits per heavy atom. The van der Waals surface area contributed by atoms with Gasteiger partial charge in [-0.2, -0.15) is 0 Å². The summed E-state index contributed by atoms with van der Waals surface area (Å²) in [5.41, 5.74) is 7.10. The number of benzene rings is 2. The highest BCUT2D eigenvalue weighted by Gasteiger charge is 2.04. The maximum atomic E-state index is 8.52. The molecule has 0 fully saturated rings. The van der Waals surface area contributed by atoms with Crippen molar-refractivity contribution in [2.45, 2.75) is 13.1 Å². The SMILES string of the molecule is ONCC=Cc1ccc(C[NH2+]Cc2c[nH]c3ccccc23)cc1. The summed E-state index contributed by atoms with van der Waals surface area (Å²) in [6.45, 7) is 2.38. The van der Waals surface area contributed by atoms with E-state index in [1.54, 1.807) is 0 Å². The Bertz CT molecular complexity index is 775. The average molecular weight is 308 g/mol. The van der Waals surface area contributed by atoms with E-state index < -0.39 is 0 Å². The number of aromatic amines is 1. The van der Waals surface area contributed by atoms with Crippen LogP contribution in [0.3, 0.4) is 0 Å². The minimum absolute atomic E-state index is 0.458. The second-order valence-corrected chi connectivity index (χ2v) is 5.56. The lowest BCUT2D eigenvalue weighted by Gasteiger charge is -2.02. The molecule has 0 spiro atoms. The maximum absolute atomic E-state index is 8.52. The molecule has 4 nitrogen and oxygen atoms in total. The molecule has 0 amide bonds. The highest BCUT2D eigenvalue weighted by Crippen LogP contribution is 2.16. The number of hydrogen-bond acceptors (Lipinski definition) is 2. The molecule has 0 saturated carbocycles. The van der Waals surface area contributed by atoms with Crippen LogP contribution in [0.1, 0.15) is 16.7 Å². The van der Waals surface area contributed by atoms with Gasteiger partial charge >= 0.3 is 0 Å². The van der Waals surface area contributed by atoms with E-state index in [4.69, 9.17) is 5.21 Å². The van der Waals surface area contributed by atoms with Crippen molar-refractivity contribution < 1.29 is 10.5 Å². The number of nitrogens with two attached hydrogens (primary N) is 1. The van der Waals surface area contributed by atoms with E-state index in [-0.39, 0.29) is 0 Å². The van der Waals surface area contributed by atoms with Crippen LogP contribution in [0, 0.1) is 0 Å². The van der Waals surface area contributed by atoms with Gasteiger partial charge in [-0.1, -0.05) is 54.6 Å². The first kappa shape index (κ1) is 15.5. The zero-order chi connectivity index (χ0) is 15.9. The number of rotatable bonds is 7. The number of H-pyrrole nitrogens is 1. The lowest BCUT2D eigenvalue weighted by molar-refractivity contribution is -0.686. The van der Waals surface area contributed by atoms with E-state index in [1.165, 1.54) is 22.0 Å². The Balaban J connectivity index is 1.54. The fraction of sp³-hybridized carbons (Fsp3) is 0.158. The van der Waals surface area contributed by atoms with Gasteiger partial charge in [0.2, 0.25) is 0 Å². The van der Waals surface area contributed by atoms with Crippen molar-refractivity contribution >= 4 is 17.0 Å². The Labute approximate surface area is 135 Å². The molecule has 1 aromatic heterocycles. The smallest absolute Gasteiger partial charge is 0.104 e. The van der Waals surface area contributed by atoms with Gasteiger partial charge in [-0.15, -0.1) is 0 Å². The predicted molar refractivity (Wildman–Crippen MR) is 92.9 cm³/mol. The Hall–Kier alpha value is -2.40. The number of hydroxylamine groups is 1. The van der Waals surface area contributed by atoms with Crippen LogP contribution in [0.2, 0.25) is 0 Å². The van der Waals surface area contributed by atoms with E-state index in [1.807, 2.05) is 12.2 Å². The van der Waals surface area contributed by atoms with Crippen LogP contribution >= 0.6 is 0 Å². The van der Waals surface area contributed by atoms with Crippen LogP contribution in [-0.2, 0) is 13.1 Å². The van der Waals surface area contributed by atoms with E-state index in [2.05, 4.69) is 70.5 Å². The summed E-state index contributed by atoms with van der Waals surface area (Å²) in [6.07, 6.45) is 5.98. The van der Waals surface area contributed by atoms with Crippen molar-refractivity contribution in [3.8, 4) is 0 Å². The van der Waals surface area contributed by atoms with Gasteiger partial charge in [0, 0.05) is 34.8 Å². The summed E-state index contributed by atoms with van der Waals surface area (Å²) in [7, 11) is 0. The van der Waals surface area contributed by atoms with Crippen molar-refractivity contribution in [1.29, 1.82) is 0 Å². The van der Waals surface area contributed by atoms with Gasteiger partial charge in [-0.3, -0.25) is 0 Å². The second-order valence-electron chi connectivity index (χ2n) is 5.56. The van der Waals surface area contributed by atoms with Crippen LogP contribution in [0.5, 0.6) is 0 Å². The molecule has 4 heteroatoms. The Morgan fingerprint density at radius 3 is 2.70 bits per heavy atom. The van der Waals surface area contributed by atoms with Gasteiger partial charge in [-0.05, 0) is 11.6 Å². The van der Waals surface area contributed by atoms with Crippen LogP contribution in [0.15, 0.2) is 60.8 Å². The van der Waals surface area contributed by atoms with E-state index in [9.17, 15) is 0 Å². The lowest BCUT2D eigenvalue weighted by atomic mass is 10.1. The minimum Gasteiger partial charge on any atom is -0.361 e. The van der Waals surface area contributed by atoms with Crippen molar-refractivity contribution in [2.24, 2.45) is 0 Å². The molecule has 3 rings (SSSR count). The highest BCUT2D eigenvalue weighted by molar-refractivity contribution is 5.82. The van der Waals surface area contributed by atoms with Gasteiger partial charge in [0.15, 0.2) is 0 Å². The predicted octanol–water partition coefficient (Wildman–Crippen LogP) is 2.42. The average Bonchev–Trinajstić information content (AvgIpc) is 3.00. The molecular weight excluding hydrogens is 286 g/mol. The third-order valence-corrected chi connectivity index (χ3v) is 3.92. The zero-order valence-electron chi connectivity index (χ0n) is 13.0. The highest BCUT2D eigenvalue weighted by atomic mass is 16.5. The number of hydrogen-bond donors (Lipinski definition) is 4. The Morgan fingerprint density at radius 1 is 1.04 bits per heavy atom. The first-order chi connectivity index (χ1) is 11.4. The summed E-state index contributed by atoms with van der Waals surface area (Å²) < 4.78 is 0. The molecule has 5 N–H and O–H groups in total. The van der Waals surface area contributed by atoms with Gasteiger partial charge in [0.05, 0.1) is 0 Å². The van der Waals surface area contributed by atoms with Gasteiger partial charge in [0.25, 0.3) is 0 Å². The molecule has 0 aliphatic carbocycles. The van der Waals surface area contributed by atoms with Crippen molar-refractivity contribution in [1.82, 2.24) is 10.5 Å². The summed E-state index contributed by atoms with van der Waals surface area (Å²) >= 11 is 0. The molecule has 1 heterocycles.